The number of para-hydroxylation sites is 1. The van der Waals surface area contributed by atoms with Crippen molar-refractivity contribution in [1.29, 1.82) is 0 Å². The average Bonchev–Trinajstić information content (AvgIpc) is 2.22. The molecule has 0 radical (unpaired) electrons. The van der Waals surface area contributed by atoms with Crippen LogP contribution in [-0.4, -0.2) is 13.1 Å². The molecule has 1 heterocycles. The summed E-state index contributed by atoms with van der Waals surface area (Å²) in [6.07, 6.45) is 2.64. The molecule has 0 spiro atoms. The Balaban J connectivity index is 2.24. The summed E-state index contributed by atoms with van der Waals surface area (Å²) in [6.45, 7) is 6.69. The van der Waals surface area contributed by atoms with E-state index < -0.39 is 0 Å². The van der Waals surface area contributed by atoms with Crippen LogP contribution in [0.1, 0.15) is 25.3 Å². The molecule has 1 aliphatic heterocycles. The van der Waals surface area contributed by atoms with E-state index in [2.05, 4.69) is 36.9 Å². The predicted octanol–water partition coefficient (Wildman–Crippen LogP) is 2.81. The van der Waals surface area contributed by atoms with Crippen molar-refractivity contribution in [2.45, 2.75) is 26.7 Å². The molecule has 2 N–H and O–H groups in total. The first-order valence-electron chi connectivity index (χ1n) is 5.78. The summed E-state index contributed by atoms with van der Waals surface area (Å²) in [7, 11) is 0. The SMILES string of the molecule is Cc1cccc(N2CCCC(C)C2)c1N. The van der Waals surface area contributed by atoms with E-state index in [1.54, 1.807) is 0 Å². The molecule has 1 unspecified atom stereocenters. The quantitative estimate of drug-likeness (QED) is 0.713. The molecule has 1 aromatic rings. The van der Waals surface area contributed by atoms with Gasteiger partial charge in [0, 0.05) is 13.1 Å². The van der Waals surface area contributed by atoms with Crippen molar-refractivity contribution in [2.75, 3.05) is 23.7 Å². The highest BCUT2D eigenvalue weighted by Crippen LogP contribution is 2.29. The molecule has 15 heavy (non-hydrogen) atoms. The van der Waals surface area contributed by atoms with Gasteiger partial charge in [0.2, 0.25) is 0 Å². The lowest BCUT2D eigenvalue weighted by Crippen LogP contribution is -2.34. The molecule has 0 aromatic heterocycles. The second kappa shape index (κ2) is 4.13. The predicted molar refractivity (Wildman–Crippen MR) is 66.2 cm³/mol. The van der Waals surface area contributed by atoms with Crippen LogP contribution in [-0.2, 0) is 0 Å². The van der Waals surface area contributed by atoms with E-state index in [4.69, 9.17) is 5.73 Å². The topological polar surface area (TPSA) is 29.3 Å². The van der Waals surface area contributed by atoms with Gasteiger partial charge in [0.05, 0.1) is 11.4 Å². The van der Waals surface area contributed by atoms with Gasteiger partial charge < -0.3 is 10.6 Å². The molecule has 2 nitrogen and oxygen atoms in total. The summed E-state index contributed by atoms with van der Waals surface area (Å²) in [6, 6.07) is 6.31. The highest BCUT2D eigenvalue weighted by Gasteiger charge is 2.18. The molecule has 0 aliphatic carbocycles. The lowest BCUT2D eigenvalue weighted by atomic mass is 9.99. The van der Waals surface area contributed by atoms with E-state index in [-0.39, 0.29) is 0 Å². The molecule has 82 valence electrons. The number of anilines is 2. The standard InChI is InChI=1S/C13H20N2/c1-10-5-4-8-15(9-10)12-7-3-6-11(2)13(12)14/h3,6-7,10H,4-5,8-9,14H2,1-2H3. The van der Waals surface area contributed by atoms with Crippen molar-refractivity contribution < 1.29 is 0 Å². The van der Waals surface area contributed by atoms with Crippen LogP contribution in [0, 0.1) is 12.8 Å². The highest BCUT2D eigenvalue weighted by molar-refractivity contribution is 5.71. The minimum absolute atomic E-state index is 0.790. The van der Waals surface area contributed by atoms with Crippen molar-refractivity contribution in [3.63, 3.8) is 0 Å². The van der Waals surface area contributed by atoms with Crippen LogP contribution in [0.15, 0.2) is 18.2 Å². The molecule has 1 atom stereocenters. The van der Waals surface area contributed by atoms with Gasteiger partial charge in [0.1, 0.15) is 0 Å². The Morgan fingerprint density at radius 2 is 2.20 bits per heavy atom. The van der Waals surface area contributed by atoms with Gasteiger partial charge in [0.25, 0.3) is 0 Å². The number of hydrogen-bond donors (Lipinski definition) is 1. The van der Waals surface area contributed by atoms with Crippen molar-refractivity contribution in [1.82, 2.24) is 0 Å². The second-order valence-corrected chi connectivity index (χ2v) is 4.70. The molecule has 2 heteroatoms. The normalized spacial score (nSPS) is 21.7. The fourth-order valence-electron chi connectivity index (χ4n) is 2.35. The van der Waals surface area contributed by atoms with Crippen molar-refractivity contribution in [3.8, 4) is 0 Å². The minimum Gasteiger partial charge on any atom is -0.397 e. The third-order valence-electron chi connectivity index (χ3n) is 3.30. The van der Waals surface area contributed by atoms with Crippen molar-refractivity contribution in [2.24, 2.45) is 5.92 Å². The van der Waals surface area contributed by atoms with Gasteiger partial charge in [-0.3, -0.25) is 0 Å². The number of hydrogen-bond acceptors (Lipinski definition) is 2. The average molecular weight is 204 g/mol. The van der Waals surface area contributed by atoms with E-state index in [0.717, 1.165) is 24.7 Å². The van der Waals surface area contributed by atoms with Gasteiger partial charge in [-0.15, -0.1) is 0 Å². The molecular formula is C13H20N2. The fourth-order valence-corrected chi connectivity index (χ4v) is 2.35. The molecule has 0 amide bonds. The van der Waals surface area contributed by atoms with E-state index in [0.29, 0.717) is 0 Å². The monoisotopic (exact) mass is 204 g/mol. The Labute approximate surface area is 92.1 Å². The number of piperidine rings is 1. The lowest BCUT2D eigenvalue weighted by Gasteiger charge is -2.33. The van der Waals surface area contributed by atoms with E-state index in [1.165, 1.54) is 24.1 Å². The van der Waals surface area contributed by atoms with Crippen LogP contribution in [0.5, 0.6) is 0 Å². The highest BCUT2D eigenvalue weighted by atomic mass is 15.1. The molecule has 0 saturated carbocycles. The minimum atomic E-state index is 0.790. The Hall–Kier alpha value is -1.18. The maximum Gasteiger partial charge on any atom is 0.0602 e. The largest absolute Gasteiger partial charge is 0.397 e. The van der Waals surface area contributed by atoms with Crippen LogP contribution >= 0.6 is 0 Å². The van der Waals surface area contributed by atoms with E-state index in [1.807, 2.05) is 0 Å². The summed E-state index contributed by atoms with van der Waals surface area (Å²) in [5, 5.41) is 0. The zero-order valence-electron chi connectivity index (χ0n) is 9.66. The maximum atomic E-state index is 6.12. The number of nitrogen functional groups attached to an aromatic ring is 1. The van der Waals surface area contributed by atoms with Crippen LogP contribution in [0.25, 0.3) is 0 Å². The van der Waals surface area contributed by atoms with Crippen LogP contribution in [0.3, 0.4) is 0 Å². The van der Waals surface area contributed by atoms with Crippen molar-refractivity contribution in [3.05, 3.63) is 23.8 Å². The first-order valence-corrected chi connectivity index (χ1v) is 5.78. The first kappa shape index (κ1) is 10.3. The zero-order valence-corrected chi connectivity index (χ0v) is 9.66. The fraction of sp³-hybridized carbons (Fsp3) is 0.538. The number of benzene rings is 1. The second-order valence-electron chi connectivity index (χ2n) is 4.70. The van der Waals surface area contributed by atoms with Crippen molar-refractivity contribution >= 4 is 11.4 Å². The van der Waals surface area contributed by atoms with Crippen LogP contribution in [0.4, 0.5) is 11.4 Å². The Morgan fingerprint density at radius 3 is 2.93 bits per heavy atom. The summed E-state index contributed by atoms with van der Waals surface area (Å²) in [4.78, 5) is 2.43. The van der Waals surface area contributed by atoms with Crippen LogP contribution in [0.2, 0.25) is 0 Å². The first-order chi connectivity index (χ1) is 7.18. The number of nitrogens with two attached hydrogens (primary N) is 1. The summed E-state index contributed by atoms with van der Waals surface area (Å²) >= 11 is 0. The Kier molecular flexibility index (Phi) is 2.85. The summed E-state index contributed by atoms with van der Waals surface area (Å²) < 4.78 is 0. The molecule has 0 bridgehead atoms. The van der Waals surface area contributed by atoms with Gasteiger partial charge in [-0.25, -0.2) is 0 Å². The molecule has 1 fully saturated rings. The molecule has 2 rings (SSSR count). The number of rotatable bonds is 1. The van der Waals surface area contributed by atoms with Gasteiger partial charge in [-0.2, -0.15) is 0 Å². The van der Waals surface area contributed by atoms with Crippen LogP contribution < -0.4 is 10.6 Å². The van der Waals surface area contributed by atoms with E-state index >= 15 is 0 Å². The van der Waals surface area contributed by atoms with Gasteiger partial charge in [-0.05, 0) is 37.3 Å². The molecule has 1 aliphatic rings. The smallest absolute Gasteiger partial charge is 0.0602 e. The number of aryl methyl sites for hydroxylation is 1. The Bertz CT molecular complexity index is 346. The third-order valence-corrected chi connectivity index (χ3v) is 3.30. The van der Waals surface area contributed by atoms with Gasteiger partial charge >= 0.3 is 0 Å². The Morgan fingerprint density at radius 1 is 1.40 bits per heavy atom. The summed E-state index contributed by atoms with van der Waals surface area (Å²) in [5.41, 5.74) is 9.48. The van der Waals surface area contributed by atoms with E-state index in [9.17, 15) is 0 Å². The molecular weight excluding hydrogens is 184 g/mol. The molecule has 1 saturated heterocycles. The zero-order chi connectivity index (χ0) is 10.8. The summed E-state index contributed by atoms with van der Waals surface area (Å²) in [5.74, 6) is 0.790. The molecule has 1 aromatic carbocycles. The third kappa shape index (κ3) is 2.09. The maximum absolute atomic E-state index is 6.12. The lowest BCUT2D eigenvalue weighted by molar-refractivity contribution is 0.447. The van der Waals surface area contributed by atoms with Gasteiger partial charge in [0.15, 0.2) is 0 Å². The van der Waals surface area contributed by atoms with Gasteiger partial charge in [-0.1, -0.05) is 19.1 Å². The number of nitrogens with zero attached hydrogens (tertiary/aromatic N) is 1.